The van der Waals surface area contributed by atoms with Crippen LogP contribution in [0.15, 0.2) is 18.2 Å². The topological polar surface area (TPSA) is 96.0 Å². The first kappa shape index (κ1) is 20.6. The molecule has 1 aliphatic rings. The minimum absolute atomic E-state index is 0.217. The van der Waals surface area contributed by atoms with Gasteiger partial charge in [0, 0.05) is 29.6 Å². The third kappa shape index (κ3) is 4.72. The number of nitrogens with one attached hydrogen (secondary N) is 2. The SMILES string of the molecule is Cc1nc(C2CCN(C(=O)OC(C)(C)C)CC2)sc1CNc1ccc2[nH]nnc2c1. The van der Waals surface area contributed by atoms with Crippen molar-refractivity contribution in [1.29, 1.82) is 0 Å². The molecule has 4 rings (SSSR count). The summed E-state index contributed by atoms with van der Waals surface area (Å²) in [6.45, 7) is 9.91. The number of carbonyl (C=O) groups excluding carboxylic acids is 1. The third-order valence-electron chi connectivity index (χ3n) is 5.18. The van der Waals surface area contributed by atoms with Gasteiger partial charge in [-0.3, -0.25) is 5.10 Å². The highest BCUT2D eigenvalue weighted by molar-refractivity contribution is 7.11. The summed E-state index contributed by atoms with van der Waals surface area (Å²) in [6, 6.07) is 5.98. The maximum absolute atomic E-state index is 12.3. The van der Waals surface area contributed by atoms with Crippen molar-refractivity contribution in [2.75, 3.05) is 18.4 Å². The largest absolute Gasteiger partial charge is 0.444 e. The number of anilines is 1. The van der Waals surface area contributed by atoms with E-state index in [0.29, 0.717) is 19.0 Å². The number of piperidine rings is 1. The molecule has 0 spiro atoms. The molecule has 0 unspecified atom stereocenters. The molecule has 3 heterocycles. The number of fused-ring (bicyclic) bond motifs is 1. The van der Waals surface area contributed by atoms with Crippen LogP contribution in [0.5, 0.6) is 0 Å². The Hall–Kier alpha value is -2.68. The van der Waals surface area contributed by atoms with Gasteiger partial charge in [-0.2, -0.15) is 0 Å². The van der Waals surface area contributed by atoms with Gasteiger partial charge < -0.3 is 15.0 Å². The number of aromatic amines is 1. The van der Waals surface area contributed by atoms with Gasteiger partial charge in [0.2, 0.25) is 0 Å². The van der Waals surface area contributed by atoms with E-state index in [0.717, 1.165) is 41.8 Å². The number of carbonyl (C=O) groups is 1. The Balaban J connectivity index is 1.34. The Morgan fingerprint density at radius 3 is 2.83 bits per heavy atom. The fourth-order valence-electron chi connectivity index (χ4n) is 3.56. The number of nitrogens with zero attached hydrogens (tertiary/aromatic N) is 4. The standard InChI is InChI=1S/C21H28N6O2S/c1-13-18(12-22-15-5-6-16-17(11-15)25-26-24-16)30-19(23-13)14-7-9-27(10-8-14)20(28)29-21(2,3)4/h5-6,11,14,22H,7-10,12H2,1-4H3,(H,24,25,26). The lowest BCUT2D eigenvalue weighted by molar-refractivity contribution is 0.0205. The van der Waals surface area contributed by atoms with Crippen LogP contribution in [0.25, 0.3) is 11.0 Å². The predicted molar refractivity (Wildman–Crippen MR) is 118 cm³/mol. The molecule has 8 nitrogen and oxygen atoms in total. The van der Waals surface area contributed by atoms with Crippen molar-refractivity contribution in [2.24, 2.45) is 0 Å². The van der Waals surface area contributed by atoms with Crippen LogP contribution in [0.2, 0.25) is 0 Å². The van der Waals surface area contributed by atoms with Crippen LogP contribution in [0.3, 0.4) is 0 Å². The Bertz CT molecular complexity index is 1030. The molecular formula is C21H28N6O2S. The van der Waals surface area contributed by atoms with Gasteiger partial charge in [-0.1, -0.05) is 5.21 Å². The second-order valence-corrected chi connectivity index (χ2v) is 9.81. The molecule has 1 fully saturated rings. The van der Waals surface area contributed by atoms with E-state index in [1.165, 1.54) is 9.88 Å². The van der Waals surface area contributed by atoms with E-state index in [4.69, 9.17) is 9.72 Å². The maximum Gasteiger partial charge on any atom is 0.410 e. The molecule has 2 N–H and O–H groups in total. The Kier molecular flexibility index (Phi) is 5.64. The van der Waals surface area contributed by atoms with Crippen LogP contribution in [0.4, 0.5) is 10.5 Å². The van der Waals surface area contributed by atoms with Crippen LogP contribution in [0, 0.1) is 6.92 Å². The van der Waals surface area contributed by atoms with Crippen molar-refractivity contribution >= 4 is 34.2 Å². The van der Waals surface area contributed by atoms with Crippen molar-refractivity contribution in [3.05, 3.63) is 33.8 Å². The zero-order chi connectivity index (χ0) is 21.3. The van der Waals surface area contributed by atoms with Gasteiger partial charge in [-0.15, -0.1) is 16.4 Å². The summed E-state index contributed by atoms with van der Waals surface area (Å²) in [5.74, 6) is 0.396. The second kappa shape index (κ2) is 8.22. The molecule has 1 aromatic carbocycles. The number of aromatic nitrogens is 4. The molecule has 0 aliphatic carbocycles. The van der Waals surface area contributed by atoms with Gasteiger partial charge in [-0.05, 0) is 58.7 Å². The monoisotopic (exact) mass is 428 g/mol. The first-order valence-corrected chi connectivity index (χ1v) is 11.1. The average molecular weight is 429 g/mol. The van der Waals surface area contributed by atoms with Crippen molar-refractivity contribution in [3.63, 3.8) is 0 Å². The van der Waals surface area contributed by atoms with Crippen LogP contribution < -0.4 is 5.32 Å². The molecular weight excluding hydrogens is 400 g/mol. The van der Waals surface area contributed by atoms with Crippen molar-refractivity contribution in [3.8, 4) is 0 Å². The highest BCUT2D eigenvalue weighted by Crippen LogP contribution is 2.33. The number of amides is 1. The lowest BCUT2D eigenvalue weighted by Gasteiger charge is -2.32. The normalized spacial score (nSPS) is 15.5. The number of aryl methyl sites for hydroxylation is 1. The molecule has 2 aromatic heterocycles. The molecule has 30 heavy (non-hydrogen) atoms. The highest BCUT2D eigenvalue weighted by atomic mass is 32.1. The second-order valence-electron chi connectivity index (χ2n) is 8.70. The first-order chi connectivity index (χ1) is 14.3. The van der Waals surface area contributed by atoms with Crippen molar-refractivity contribution in [1.82, 2.24) is 25.3 Å². The molecule has 9 heteroatoms. The first-order valence-electron chi connectivity index (χ1n) is 10.3. The van der Waals surface area contributed by atoms with Crippen LogP contribution in [-0.4, -0.2) is 50.1 Å². The van der Waals surface area contributed by atoms with E-state index in [9.17, 15) is 4.79 Å². The fraction of sp³-hybridized carbons (Fsp3) is 0.524. The number of H-pyrrole nitrogens is 1. The van der Waals surface area contributed by atoms with Gasteiger partial charge in [-0.25, -0.2) is 9.78 Å². The summed E-state index contributed by atoms with van der Waals surface area (Å²) in [5.41, 5.74) is 3.39. The van der Waals surface area contributed by atoms with Gasteiger partial charge in [0.05, 0.1) is 22.8 Å². The minimum Gasteiger partial charge on any atom is -0.444 e. The maximum atomic E-state index is 12.3. The summed E-state index contributed by atoms with van der Waals surface area (Å²) in [7, 11) is 0. The molecule has 0 saturated carbocycles. The van der Waals surface area contributed by atoms with Crippen molar-refractivity contribution < 1.29 is 9.53 Å². The van der Waals surface area contributed by atoms with E-state index in [1.54, 1.807) is 11.3 Å². The summed E-state index contributed by atoms with van der Waals surface area (Å²) < 4.78 is 5.49. The summed E-state index contributed by atoms with van der Waals surface area (Å²) in [4.78, 5) is 20.2. The van der Waals surface area contributed by atoms with E-state index in [2.05, 4.69) is 27.7 Å². The van der Waals surface area contributed by atoms with Crippen molar-refractivity contribution in [2.45, 2.75) is 58.6 Å². The minimum atomic E-state index is -0.458. The zero-order valence-corrected chi connectivity index (χ0v) is 18.7. The Morgan fingerprint density at radius 2 is 2.10 bits per heavy atom. The summed E-state index contributed by atoms with van der Waals surface area (Å²) >= 11 is 1.77. The Morgan fingerprint density at radius 1 is 1.33 bits per heavy atom. The van der Waals surface area contributed by atoms with Crippen LogP contribution >= 0.6 is 11.3 Å². The fourth-order valence-corrected chi connectivity index (χ4v) is 4.73. The zero-order valence-electron chi connectivity index (χ0n) is 17.9. The number of likely N-dealkylation sites (tertiary alicyclic amines) is 1. The number of thiazole rings is 1. The quantitative estimate of drug-likeness (QED) is 0.637. The van der Waals surface area contributed by atoms with E-state index < -0.39 is 5.60 Å². The van der Waals surface area contributed by atoms with E-state index in [-0.39, 0.29) is 6.09 Å². The van der Waals surface area contributed by atoms with Gasteiger partial charge in [0.15, 0.2) is 0 Å². The van der Waals surface area contributed by atoms with Gasteiger partial charge in [0.25, 0.3) is 0 Å². The smallest absolute Gasteiger partial charge is 0.410 e. The molecule has 0 bridgehead atoms. The summed E-state index contributed by atoms with van der Waals surface area (Å²) in [6.07, 6.45) is 1.62. The molecule has 3 aromatic rings. The molecule has 1 aliphatic heterocycles. The number of hydrogen-bond acceptors (Lipinski definition) is 7. The van der Waals surface area contributed by atoms with Gasteiger partial charge >= 0.3 is 6.09 Å². The molecule has 160 valence electrons. The number of ether oxygens (including phenoxy) is 1. The van der Waals surface area contributed by atoms with Crippen LogP contribution in [0.1, 0.15) is 55.1 Å². The molecule has 1 saturated heterocycles. The third-order valence-corrected chi connectivity index (χ3v) is 6.50. The Labute approximate surface area is 180 Å². The van der Waals surface area contributed by atoms with E-state index in [1.807, 2.05) is 43.9 Å². The number of rotatable bonds is 4. The lowest BCUT2D eigenvalue weighted by atomic mass is 9.98. The number of hydrogen-bond donors (Lipinski definition) is 2. The summed E-state index contributed by atoms with van der Waals surface area (Å²) in [5, 5.41) is 15.4. The molecule has 1 amide bonds. The highest BCUT2D eigenvalue weighted by Gasteiger charge is 2.29. The van der Waals surface area contributed by atoms with Crippen LogP contribution in [-0.2, 0) is 11.3 Å². The number of benzene rings is 1. The van der Waals surface area contributed by atoms with E-state index >= 15 is 0 Å². The molecule has 0 radical (unpaired) electrons. The average Bonchev–Trinajstić information content (AvgIpc) is 3.31. The molecule has 0 atom stereocenters. The van der Waals surface area contributed by atoms with Gasteiger partial charge in [0.1, 0.15) is 11.1 Å². The predicted octanol–water partition coefficient (Wildman–Crippen LogP) is 4.45. The lowest BCUT2D eigenvalue weighted by Crippen LogP contribution is -2.41.